The number of benzene rings is 1. The molecule has 2 nitrogen and oxygen atoms in total. The zero-order chi connectivity index (χ0) is 11.4. The third-order valence-corrected chi connectivity index (χ3v) is 2.22. The molecule has 1 amide bonds. The van der Waals surface area contributed by atoms with E-state index in [0.29, 0.717) is 11.5 Å². The van der Waals surface area contributed by atoms with Crippen LogP contribution >= 0.6 is 0 Å². The number of nitrogens with one attached hydrogen (secondary N) is 1. The average Bonchev–Trinajstić information content (AvgIpc) is 2.18. The van der Waals surface area contributed by atoms with Crippen molar-refractivity contribution in [3.63, 3.8) is 0 Å². The molecule has 0 aliphatic heterocycles. The van der Waals surface area contributed by atoms with Crippen molar-refractivity contribution in [3.05, 3.63) is 42.0 Å². The molecule has 0 unspecified atom stereocenters. The lowest BCUT2D eigenvalue weighted by atomic mass is 10.0. The second-order valence-corrected chi connectivity index (χ2v) is 4.01. The van der Waals surface area contributed by atoms with Crippen molar-refractivity contribution >= 4 is 11.6 Å². The molecular weight excluding hydrogens is 186 g/mol. The van der Waals surface area contributed by atoms with Crippen LogP contribution in [0, 0.1) is 0 Å². The highest BCUT2D eigenvalue weighted by Crippen LogP contribution is 2.17. The van der Waals surface area contributed by atoms with E-state index in [1.54, 1.807) is 6.92 Å². The van der Waals surface area contributed by atoms with Gasteiger partial charge in [-0.25, -0.2) is 0 Å². The van der Waals surface area contributed by atoms with Gasteiger partial charge in [0.15, 0.2) is 0 Å². The predicted octanol–water partition coefficient (Wildman–Crippen LogP) is 3.32. The van der Waals surface area contributed by atoms with Gasteiger partial charge in [0.1, 0.15) is 0 Å². The van der Waals surface area contributed by atoms with Crippen molar-refractivity contribution in [2.24, 2.45) is 0 Å². The molecule has 0 atom stereocenters. The highest BCUT2D eigenvalue weighted by Gasteiger charge is 2.03. The average molecular weight is 203 g/mol. The van der Waals surface area contributed by atoms with E-state index < -0.39 is 0 Å². The van der Waals surface area contributed by atoms with Gasteiger partial charge in [-0.3, -0.25) is 4.79 Å². The minimum absolute atomic E-state index is 0.132. The molecule has 0 heterocycles. The van der Waals surface area contributed by atoms with Gasteiger partial charge >= 0.3 is 0 Å². The maximum absolute atomic E-state index is 11.3. The van der Waals surface area contributed by atoms with E-state index in [4.69, 9.17) is 0 Å². The second-order valence-electron chi connectivity index (χ2n) is 4.01. The third-order valence-electron chi connectivity index (χ3n) is 2.22. The van der Waals surface area contributed by atoms with E-state index in [1.807, 2.05) is 24.3 Å². The van der Waals surface area contributed by atoms with Gasteiger partial charge < -0.3 is 5.32 Å². The summed E-state index contributed by atoms with van der Waals surface area (Å²) in [6.07, 6.45) is 0. The lowest BCUT2D eigenvalue weighted by Crippen LogP contribution is -2.11. The molecule has 0 aromatic heterocycles. The molecule has 1 aromatic rings. The normalized spacial score (nSPS) is 10.1. The van der Waals surface area contributed by atoms with E-state index >= 15 is 0 Å². The van der Waals surface area contributed by atoms with Gasteiger partial charge in [0.25, 0.3) is 5.91 Å². The number of hydrogen-bond donors (Lipinski definition) is 1. The molecule has 1 N–H and O–H groups in total. The fourth-order valence-electron chi connectivity index (χ4n) is 1.19. The van der Waals surface area contributed by atoms with Crippen molar-refractivity contribution in [2.75, 3.05) is 5.32 Å². The summed E-state index contributed by atoms with van der Waals surface area (Å²) in [6.45, 7) is 9.56. The van der Waals surface area contributed by atoms with Crippen molar-refractivity contribution < 1.29 is 4.79 Å². The molecule has 2 heteroatoms. The molecule has 0 bridgehead atoms. The summed E-state index contributed by atoms with van der Waals surface area (Å²) in [6, 6.07) is 7.88. The number of rotatable bonds is 3. The molecule has 15 heavy (non-hydrogen) atoms. The van der Waals surface area contributed by atoms with Crippen molar-refractivity contribution in [2.45, 2.75) is 26.7 Å². The molecule has 0 saturated heterocycles. The summed E-state index contributed by atoms with van der Waals surface area (Å²) in [4.78, 5) is 11.3. The molecule has 0 saturated carbocycles. The van der Waals surface area contributed by atoms with Gasteiger partial charge in [-0.2, -0.15) is 0 Å². The summed E-state index contributed by atoms with van der Waals surface area (Å²) in [5.74, 6) is 0.378. The smallest absolute Gasteiger partial charge is 0.250 e. The van der Waals surface area contributed by atoms with E-state index in [-0.39, 0.29) is 5.91 Å². The van der Waals surface area contributed by atoms with E-state index in [2.05, 4.69) is 25.7 Å². The second kappa shape index (κ2) is 4.78. The van der Waals surface area contributed by atoms with Crippen LogP contribution in [-0.4, -0.2) is 5.91 Å². The van der Waals surface area contributed by atoms with E-state index in [1.165, 1.54) is 5.56 Å². The first kappa shape index (κ1) is 11.5. The highest BCUT2D eigenvalue weighted by atomic mass is 16.1. The SMILES string of the molecule is C=C(C)C(=O)Nc1ccc(C(C)C)cc1. The Balaban J connectivity index is 2.73. The van der Waals surface area contributed by atoms with Crippen LogP contribution in [0.15, 0.2) is 36.4 Å². The molecule has 0 spiro atoms. The molecule has 0 aliphatic carbocycles. The van der Waals surface area contributed by atoms with E-state index in [9.17, 15) is 4.79 Å². The van der Waals surface area contributed by atoms with Crippen molar-refractivity contribution in [1.82, 2.24) is 0 Å². The van der Waals surface area contributed by atoms with Crippen LogP contribution in [0.1, 0.15) is 32.3 Å². The van der Waals surface area contributed by atoms with Crippen molar-refractivity contribution in [3.8, 4) is 0 Å². The molecular formula is C13H17NO. The number of carbonyl (C=O) groups is 1. The summed E-state index contributed by atoms with van der Waals surface area (Å²) < 4.78 is 0. The van der Waals surface area contributed by atoms with Crippen LogP contribution in [0.4, 0.5) is 5.69 Å². The van der Waals surface area contributed by atoms with Gasteiger partial charge in [0, 0.05) is 11.3 Å². The third kappa shape index (κ3) is 3.24. The Bertz CT molecular complexity index is 363. The van der Waals surface area contributed by atoms with Gasteiger partial charge in [0.2, 0.25) is 0 Å². The van der Waals surface area contributed by atoms with Crippen LogP contribution in [-0.2, 0) is 4.79 Å². The quantitative estimate of drug-likeness (QED) is 0.750. The standard InChI is InChI=1S/C13H17NO/c1-9(2)11-5-7-12(8-6-11)14-13(15)10(3)4/h5-9H,3H2,1-2,4H3,(H,14,15). The fraction of sp³-hybridized carbons (Fsp3) is 0.308. The van der Waals surface area contributed by atoms with Crippen LogP contribution < -0.4 is 5.32 Å². The zero-order valence-corrected chi connectivity index (χ0v) is 9.50. The van der Waals surface area contributed by atoms with E-state index in [0.717, 1.165) is 5.69 Å². The highest BCUT2D eigenvalue weighted by molar-refractivity contribution is 6.02. The summed E-state index contributed by atoms with van der Waals surface area (Å²) >= 11 is 0. The van der Waals surface area contributed by atoms with Gasteiger partial charge in [0.05, 0.1) is 0 Å². The maximum Gasteiger partial charge on any atom is 0.250 e. The first-order chi connectivity index (χ1) is 7.00. The summed E-state index contributed by atoms with van der Waals surface area (Å²) in [5, 5.41) is 2.77. The number of anilines is 1. The first-order valence-corrected chi connectivity index (χ1v) is 5.07. The Hall–Kier alpha value is -1.57. The Morgan fingerprint density at radius 3 is 2.20 bits per heavy atom. The predicted molar refractivity (Wildman–Crippen MR) is 64.0 cm³/mol. The largest absolute Gasteiger partial charge is 0.322 e. The topological polar surface area (TPSA) is 29.1 Å². The van der Waals surface area contributed by atoms with Gasteiger partial charge in [-0.05, 0) is 30.5 Å². The minimum atomic E-state index is -0.132. The fourth-order valence-corrected chi connectivity index (χ4v) is 1.19. The van der Waals surface area contributed by atoms with Crippen LogP contribution in [0.25, 0.3) is 0 Å². The summed E-state index contributed by atoms with van der Waals surface area (Å²) in [7, 11) is 0. The molecule has 80 valence electrons. The Labute approximate surface area is 91.0 Å². The Morgan fingerprint density at radius 2 is 1.80 bits per heavy atom. The van der Waals surface area contributed by atoms with Gasteiger partial charge in [-0.15, -0.1) is 0 Å². The molecule has 0 aliphatic rings. The zero-order valence-electron chi connectivity index (χ0n) is 9.50. The van der Waals surface area contributed by atoms with Crippen LogP contribution in [0.3, 0.4) is 0 Å². The number of hydrogen-bond acceptors (Lipinski definition) is 1. The van der Waals surface area contributed by atoms with Crippen LogP contribution in [0.5, 0.6) is 0 Å². The monoisotopic (exact) mass is 203 g/mol. The first-order valence-electron chi connectivity index (χ1n) is 5.07. The van der Waals surface area contributed by atoms with Crippen molar-refractivity contribution in [1.29, 1.82) is 0 Å². The molecule has 1 rings (SSSR count). The van der Waals surface area contributed by atoms with Crippen LogP contribution in [0.2, 0.25) is 0 Å². The Morgan fingerprint density at radius 1 is 1.27 bits per heavy atom. The lowest BCUT2D eigenvalue weighted by molar-refractivity contribution is -0.112. The number of amides is 1. The molecule has 1 aromatic carbocycles. The summed E-state index contributed by atoms with van der Waals surface area (Å²) in [5.41, 5.74) is 2.60. The lowest BCUT2D eigenvalue weighted by Gasteiger charge is -2.08. The maximum atomic E-state index is 11.3. The molecule has 0 fully saturated rings. The van der Waals surface area contributed by atoms with Gasteiger partial charge in [-0.1, -0.05) is 32.6 Å². The number of carbonyl (C=O) groups excluding carboxylic acids is 1. The Kier molecular flexibility index (Phi) is 3.67. The minimum Gasteiger partial charge on any atom is -0.322 e. The molecule has 0 radical (unpaired) electrons.